The molecule has 0 saturated heterocycles. The fraction of sp³-hybridized carbons (Fsp3) is 1.00. The van der Waals surface area contributed by atoms with Crippen molar-refractivity contribution in [2.24, 2.45) is 0 Å². The van der Waals surface area contributed by atoms with E-state index in [0.29, 0.717) is 0 Å². The molecule has 0 aliphatic carbocycles. The van der Waals surface area contributed by atoms with Crippen LogP contribution in [0.3, 0.4) is 0 Å². The van der Waals surface area contributed by atoms with Crippen molar-refractivity contribution in [3.8, 4) is 0 Å². The maximum Gasteiger partial charge on any atom is 0.0550 e. The molecular formula is C6H16O2S2. The summed E-state index contributed by atoms with van der Waals surface area (Å²) in [5, 5.41) is 0. The highest BCUT2D eigenvalue weighted by Crippen LogP contribution is 1.69. The molecule has 0 N–H and O–H groups in total. The van der Waals surface area contributed by atoms with Crippen LogP contribution in [0.4, 0.5) is 0 Å². The first-order chi connectivity index (χ1) is 4.83. The van der Waals surface area contributed by atoms with Gasteiger partial charge in [-0.1, -0.05) is 0 Å². The van der Waals surface area contributed by atoms with E-state index in [2.05, 4.69) is 34.7 Å². The van der Waals surface area contributed by atoms with E-state index >= 15 is 0 Å². The van der Waals surface area contributed by atoms with Crippen molar-refractivity contribution >= 4 is 25.3 Å². The zero-order valence-corrected chi connectivity index (χ0v) is 8.33. The van der Waals surface area contributed by atoms with Crippen LogP contribution in [0.25, 0.3) is 0 Å². The molecule has 2 nitrogen and oxygen atoms in total. The summed E-state index contributed by atoms with van der Waals surface area (Å²) >= 11 is 7.75. The Morgan fingerprint density at radius 3 is 1.20 bits per heavy atom. The lowest BCUT2D eigenvalue weighted by Crippen LogP contribution is -1.85. The zero-order chi connectivity index (χ0) is 8.24. The monoisotopic (exact) mass is 184 g/mol. The molecule has 0 heterocycles. The molecule has 64 valence electrons. The molecule has 0 amide bonds. The maximum absolute atomic E-state index is 4.61. The van der Waals surface area contributed by atoms with E-state index in [1.165, 1.54) is 0 Å². The molecule has 0 rings (SSSR count). The molecule has 0 fully saturated rings. The Morgan fingerprint density at radius 1 is 0.900 bits per heavy atom. The molecule has 0 unspecified atom stereocenters. The summed E-state index contributed by atoms with van der Waals surface area (Å²) in [6.07, 6.45) is 0. The molecule has 4 heteroatoms. The largest absolute Gasteiger partial charge is 0.384 e. The van der Waals surface area contributed by atoms with Crippen LogP contribution in [0.5, 0.6) is 0 Å². The quantitative estimate of drug-likeness (QED) is 0.638. The Hall–Kier alpha value is 0.620. The molecule has 0 aromatic rings. The van der Waals surface area contributed by atoms with Crippen LogP contribution in [-0.4, -0.2) is 38.9 Å². The number of hydrogen-bond donors (Lipinski definition) is 2. The van der Waals surface area contributed by atoms with Crippen LogP contribution in [0.2, 0.25) is 0 Å². The predicted octanol–water partition coefficient (Wildman–Crippen LogP) is 1.13. The van der Waals surface area contributed by atoms with E-state index in [9.17, 15) is 0 Å². The third-order valence-corrected chi connectivity index (χ3v) is 0.956. The molecule has 0 bridgehead atoms. The SMILES string of the molecule is COCCS.COCCS. The van der Waals surface area contributed by atoms with Crippen LogP contribution in [0, 0.1) is 0 Å². The van der Waals surface area contributed by atoms with Crippen LogP contribution in [0.1, 0.15) is 0 Å². The van der Waals surface area contributed by atoms with Crippen molar-refractivity contribution in [3.05, 3.63) is 0 Å². The lowest BCUT2D eigenvalue weighted by Gasteiger charge is -1.84. The Labute approximate surface area is 74.1 Å². The van der Waals surface area contributed by atoms with E-state index in [1.807, 2.05) is 0 Å². The first kappa shape index (κ1) is 13.2. The average molecular weight is 184 g/mol. The summed E-state index contributed by atoms with van der Waals surface area (Å²) in [6.45, 7) is 1.51. The number of methoxy groups -OCH3 is 2. The lowest BCUT2D eigenvalue weighted by molar-refractivity contribution is 0.219. The molecule has 0 spiro atoms. The van der Waals surface area contributed by atoms with Gasteiger partial charge >= 0.3 is 0 Å². The topological polar surface area (TPSA) is 18.5 Å². The molecule has 0 saturated carbocycles. The smallest absolute Gasteiger partial charge is 0.0550 e. The van der Waals surface area contributed by atoms with Gasteiger partial charge in [0.25, 0.3) is 0 Å². The summed E-state index contributed by atoms with van der Waals surface area (Å²) in [5.41, 5.74) is 0. The second-order valence-electron chi connectivity index (χ2n) is 1.43. The van der Waals surface area contributed by atoms with Crippen LogP contribution < -0.4 is 0 Å². The molecular weight excluding hydrogens is 168 g/mol. The third kappa shape index (κ3) is 23.4. The van der Waals surface area contributed by atoms with Crippen LogP contribution >= 0.6 is 25.3 Å². The van der Waals surface area contributed by atoms with E-state index in [4.69, 9.17) is 0 Å². The van der Waals surface area contributed by atoms with Crippen molar-refractivity contribution in [1.29, 1.82) is 0 Å². The summed E-state index contributed by atoms with van der Waals surface area (Å²) in [7, 11) is 3.33. The van der Waals surface area contributed by atoms with Gasteiger partial charge in [-0.3, -0.25) is 0 Å². The van der Waals surface area contributed by atoms with Gasteiger partial charge < -0.3 is 9.47 Å². The predicted molar refractivity (Wildman–Crippen MR) is 51.5 cm³/mol. The van der Waals surface area contributed by atoms with Gasteiger partial charge in [0, 0.05) is 25.7 Å². The molecule has 0 radical (unpaired) electrons. The van der Waals surface area contributed by atoms with Gasteiger partial charge in [-0.05, 0) is 0 Å². The van der Waals surface area contributed by atoms with Gasteiger partial charge in [-0.15, -0.1) is 0 Å². The number of hydrogen-bond acceptors (Lipinski definition) is 4. The third-order valence-electron chi connectivity index (χ3n) is 0.591. The fourth-order valence-electron chi connectivity index (χ4n) is 0.183. The molecule has 0 aromatic heterocycles. The minimum Gasteiger partial charge on any atom is -0.384 e. The Balaban J connectivity index is 0. The highest BCUT2D eigenvalue weighted by molar-refractivity contribution is 7.80. The highest BCUT2D eigenvalue weighted by atomic mass is 32.1. The van der Waals surface area contributed by atoms with Gasteiger partial charge in [-0.2, -0.15) is 25.3 Å². The van der Waals surface area contributed by atoms with Gasteiger partial charge in [0.15, 0.2) is 0 Å². The van der Waals surface area contributed by atoms with Gasteiger partial charge in [0.2, 0.25) is 0 Å². The van der Waals surface area contributed by atoms with Crippen LogP contribution in [-0.2, 0) is 9.47 Å². The van der Waals surface area contributed by atoms with Gasteiger partial charge in [-0.25, -0.2) is 0 Å². The summed E-state index contributed by atoms with van der Waals surface area (Å²) in [4.78, 5) is 0. The van der Waals surface area contributed by atoms with Crippen molar-refractivity contribution < 1.29 is 9.47 Å². The fourth-order valence-corrected chi connectivity index (χ4v) is 0.548. The Morgan fingerprint density at radius 2 is 1.20 bits per heavy atom. The van der Waals surface area contributed by atoms with E-state index in [0.717, 1.165) is 24.7 Å². The molecule has 0 aliphatic heterocycles. The zero-order valence-electron chi connectivity index (χ0n) is 6.54. The summed E-state index contributed by atoms with van der Waals surface area (Å²) in [6, 6.07) is 0. The Bertz CT molecular complexity index is 34.7. The molecule has 0 aliphatic rings. The molecule has 10 heavy (non-hydrogen) atoms. The number of rotatable bonds is 4. The highest BCUT2D eigenvalue weighted by Gasteiger charge is 1.67. The first-order valence-corrected chi connectivity index (χ1v) is 4.29. The van der Waals surface area contributed by atoms with E-state index in [-0.39, 0.29) is 0 Å². The van der Waals surface area contributed by atoms with E-state index in [1.54, 1.807) is 14.2 Å². The normalized spacial score (nSPS) is 8.40. The second kappa shape index (κ2) is 16.3. The van der Waals surface area contributed by atoms with Crippen LogP contribution in [0.15, 0.2) is 0 Å². The first-order valence-electron chi connectivity index (χ1n) is 3.03. The van der Waals surface area contributed by atoms with Crippen molar-refractivity contribution in [3.63, 3.8) is 0 Å². The van der Waals surface area contributed by atoms with Crippen molar-refractivity contribution in [2.45, 2.75) is 0 Å². The van der Waals surface area contributed by atoms with Gasteiger partial charge in [0.05, 0.1) is 13.2 Å². The van der Waals surface area contributed by atoms with E-state index < -0.39 is 0 Å². The summed E-state index contributed by atoms with van der Waals surface area (Å²) in [5.74, 6) is 1.63. The van der Waals surface area contributed by atoms with Gasteiger partial charge in [0.1, 0.15) is 0 Å². The minimum atomic E-state index is 0.753. The lowest BCUT2D eigenvalue weighted by atomic mass is 10.9. The molecule has 0 aromatic carbocycles. The van der Waals surface area contributed by atoms with Crippen molar-refractivity contribution in [1.82, 2.24) is 0 Å². The second-order valence-corrected chi connectivity index (χ2v) is 2.33. The van der Waals surface area contributed by atoms with Crippen molar-refractivity contribution in [2.75, 3.05) is 38.9 Å². The summed E-state index contributed by atoms with van der Waals surface area (Å²) < 4.78 is 9.23. The maximum atomic E-state index is 4.61. The Kier molecular flexibility index (Phi) is 21.6. The molecule has 0 atom stereocenters. The minimum absolute atomic E-state index is 0.753. The number of ether oxygens (including phenoxy) is 2. The average Bonchev–Trinajstić information content (AvgIpc) is 1.93. The standard InChI is InChI=1S/2C3H8OS/c2*1-4-2-3-5/h2*5H,2-3H2,1H3. The number of thiol groups is 2.